The summed E-state index contributed by atoms with van der Waals surface area (Å²) < 4.78 is 2.55. The standard InChI is InChI=1S/C15H12OS/c16-10-5-6-12-14(8-10)17-13-7-4-9-2-1-3-11(9)15(12)13/h4-8,16H,1-3H2. The van der Waals surface area contributed by atoms with Gasteiger partial charge in [-0.25, -0.2) is 0 Å². The first-order valence-electron chi connectivity index (χ1n) is 5.99. The molecule has 84 valence electrons. The maximum absolute atomic E-state index is 9.56. The third-order valence-corrected chi connectivity index (χ3v) is 4.82. The smallest absolute Gasteiger partial charge is 0.117 e. The van der Waals surface area contributed by atoms with Gasteiger partial charge in [0.15, 0.2) is 0 Å². The zero-order chi connectivity index (χ0) is 11.4. The zero-order valence-electron chi connectivity index (χ0n) is 9.36. The van der Waals surface area contributed by atoms with Gasteiger partial charge >= 0.3 is 0 Å². The Hall–Kier alpha value is -1.54. The highest BCUT2D eigenvalue weighted by molar-refractivity contribution is 7.25. The summed E-state index contributed by atoms with van der Waals surface area (Å²) in [7, 11) is 0. The molecule has 17 heavy (non-hydrogen) atoms. The predicted octanol–water partition coefficient (Wildman–Crippen LogP) is 4.25. The highest BCUT2D eigenvalue weighted by Gasteiger charge is 2.17. The number of aromatic hydroxyl groups is 1. The van der Waals surface area contributed by atoms with Gasteiger partial charge in [-0.3, -0.25) is 0 Å². The van der Waals surface area contributed by atoms with E-state index in [9.17, 15) is 5.11 Å². The summed E-state index contributed by atoms with van der Waals surface area (Å²) in [4.78, 5) is 0. The fourth-order valence-electron chi connectivity index (χ4n) is 2.95. The Kier molecular flexibility index (Phi) is 1.80. The summed E-state index contributed by atoms with van der Waals surface area (Å²) in [6.07, 6.45) is 3.71. The molecule has 1 aliphatic carbocycles. The topological polar surface area (TPSA) is 20.2 Å². The molecule has 0 bridgehead atoms. The number of fused-ring (bicyclic) bond motifs is 5. The largest absolute Gasteiger partial charge is 0.508 e. The van der Waals surface area contributed by atoms with Crippen LogP contribution in [0.5, 0.6) is 5.75 Å². The molecule has 1 aliphatic rings. The Labute approximate surface area is 103 Å². The highest BCUT2D eigenvalue weighted by Crippen LogP contribution is 2.40. The first-order valence-corrected chi connectivity index (χ1v) is 6.80. The van der Waals surface area contributed by atoms with Gasteiger partial charge in [-0.15, -0.1) is 11.3 Å². The van der Waals surface area contributed by atoms with E-state index in [0.29, 0.717) is 5.75 Å². The minimum absolute atomic E-state index is 0.362. The molecule has 0 unspecified atom stereocenters. The van der Waals surface area contributed by atoms with Crippen LogP contribution in [-0.2, 0) is 12.8 Å². The second-order valence-corrected chi connectivity index (χ2v) is 5.80. The van der Waals surface area contributed by atoms with E-state index < -0.39 is 0 Å². The average molecular weight is 240 g/mol. The van der Waals surface area contributed by atoms with Crippen LogP contribution in [-0.4, -0.2) is 5.11 Å². The molecule has 0 radical (unpaired) electrons. The zero-order valence-corrected chi connectivity index (χ0v) is 10.2. The molecule has 1 nitrogen and oxygen atoms in total. The molecular weight excluding hydrogens is 228 g/mol. The lowest BCUT2D eigenvalue weighted by Gasteiger charge is -2.01. The summed E-state index contributed by atoms with van der Waals surface area (Å²) in [5, 5.41) is 12.3. The van der Waals surface area contributed by atoms with Gasteiger partial charge in [-0.05, 0) is 54.7 Å². The Morgan fingerprint density at radius 1 is 1.00 bits per heavy atom. The third-order valence-electron chi connectivity index (χ3n) is 3.70. The second-order valence-electron chi connectivity index (χ2n) is 4.71. The Morgan fingerprint density at radius 3 is 2.88 bits per heavy atom. The monoisotopic (exact) mass is 240 g/mol. The molecule has 0 saturated carbocycles. The second kappa shape index (κ2) is 3.23. The van der Waals surface area contributed by atoms with Crippen molar-refractivity contribution in [1.29, 1.82) is 0 Å². The SMILES string of the molecule is Oc1ccc2c(c1)sc1ccc3c(c12)CCC3. The van der Waals surface area contributed by atoms with Crippen LogP contribution < -0.4 is 0 Å². The van der Waals surface area contributed by atoms with Gasteiger partial charge < -0.3 is 5.11 Å². The van der Waals surface area contributed by atoms with Crippen LogP contribution in [0.2, 0.25) is 0 Å². The number of phenolic OH excluding ortho intramolecular Hbond substituents is 1. The van der Waals surface area contributed by atoms with Gasteiger partial charge in [0.25, 0.3) is 0 Å². The van der Waals surface area contributed by atoms with Gasteiger partial charge in [0, 0.05) is 20.2 Å². The maximum atomic E-state index is 9.56. The molecule has 0 amide bonds. The number of hydrogen-bond acceptors (Lipinski definition) is 2. The molecule has 2 heteroatoms. The van der Waals surface area contributed by atoms with Crippen molar-refractivity contribution < 1.29 is 5.11 Å². The van der Waals surface area contributed by atoms with Gasteiger partial charge in [0.2, 0.25) is 0 Å². The molecule has 4 rings (SSSR count). The fraction of sp³-hybridized carbons (Fsp3) is 0.200. The van der Waals surface area contributed by atoms with Crippen molar-refractivity contribution in [2.24, 2.45) is 0 Å². The lowest BCUT2D eigenvalue weighted by molar-refractivity contribution is 0.476. The molecule has 1 N–H and O–H groups in total. The normalized spacial score (nSPS) is 14.6. The number of benzene rings is 2. The first-order chi connectivity index (χ1) is 8.33. The summed E-state index contributed by atoms with van der Waals surface area (Å²) in [6, 6.07) is 10.2. The number of rotatable bonds is 0. The number of phenols is 1. The van der Waals surface area contributed by atoms with Crippen molar-refractivity contribution in [2.45, 2.75) is 19.3 Å². The molecule has 3 aromatic rings. The van der Waals surface area contributed by atoms with Crippen LogP contribution in [0.4, 0.5) is 0 Å². The summed E-state index contributed by atoms with van der Waals surface area (Å²) in [5.41, 5.74) is 3.06. The van der Waals surface area contributed by atoms with Gasteiger partial charge in [-0.1, -0.05) is 6.07 Å². The first kappa shape index (κ1) is 9.49. The van der Waals surface area contributed by atoms with Crippen LogP contribution in [0.3, 0.4) is 0 Å². The van der Waals surface area contributed by atoms with Crippen molar-refractivity contribution in [3.05, 3.63) is 41.5 Å². The summed E-state index contributed by atoms with van der Waals surface area (Å²) in [6.45, 7) is 0. The average Bonchev–Trinajstić information content (AvgIpc) is 2.89. The van der Waals surface area contributed by atoms with Crippen molar-refractivity contribution in [3.8, 4) is 5.75 Å². The number of thiophene rings is 1. The molecule has 0 fully saturated rings. The fourth-order valence-corrected chi connectivity index (χ4v) is 4.11. The molecular formula is C15H12OS. The third kappa shape index (κ3) is 1.25. The van der Waals surface area contributed by atoms with Gasteiger partial charge in [0.1, 0.15) is 5.75 Å². The van der Waals surface area contributed by atoms with Crippen molar-refractivity contribution >= 4 is 31.5 Å². The van der Waals surface area contributed by atoms with Crippen molar-refractivity contribution in [2.75, 3.05) is 0 Å². The molecule has 1 heterocycles. The molecule has 0 atom stereocenters. The van der Waals surface area contributed by atoms with Crippen molar-refractivity contribution in [3.63, 3.8) is 0 Å². The van der Waals surface area contributed by atoms with E-state index in [1.165, 1.54) is 45.0 Å². The van der Waals surface area contributed by atoms with E-state index in [-0.39, 0.29) is 0 Å². The van der Waals surface area contributed by atoms with E-state index >= 15 is 0 Å². The van der Waals surface area contributed by atoms with Crippen LogP contribution in [0.25, 0.3) is 20.2 Å². The predicted molar refractivity (Wildman–Crippen MR) is 73.0 cm³/mol. The molecule has 0 spiro atoms. The molecule has 2 aromatic carbocycles. The Bertz CT molecular complexity index is 739. The van der Waals surface area contributed by atoms with E-state index in [0.717, 1.165) is 0 Å². The minimum atomic E-state index is 0.362. The number of hydrogen-bond donors (Lipinski definition) is 1. The van der Waals surface area contributed by atoms with Crippen LogP contribution >= 0.6 is 11.3 Å². The van der Waals surface area contributed by atoms with Gasteiger partial charge in [0.05, 0.1) is 0 Å². The van der Waals surface area contributed by atoms with Crippen molar-refractivity contribution in [1.82, 2.24) is 0 Å². The van der Waals surface area contributed by atoms with E-state index in [1.807, 2.05) is 6.07 Å². The maximum Gasteiger partial charge on any atom is 0.117 e. The van der Waals surface area contributed by atoms with E-state index in [1.54, 1.807) is 23.0 Å². The lowest BCUT2D eigenvalue weighted by Crippen LogP contribution is -1.81. The summed E-state index contributed by atoms with van der Waals surface area (Å²) in [5.74, 6) is 0.362. The summed E-state index contributed by atoms with van der Waals surface area (Å²) >= 11 is 1.78. The number of aryl methyl sites for hydroxylation is 2. The quantitative estimate of drug-likeness (QED) is 0.623. The lowest BCUT2D eigenvalue weighted by atomic mass is 10.0. The van der Waals surface area contributed by atoms with E-state index in [2.05, 4.69) is 18.2 Å². The Balaban J connectivity index is 2.23. The molecule has 1 aromatic heterocycles. The van der Waals surface area contributed by atoms with Crippen LogP contribution in [0.15, 0.2) is 30.3 Å². The molecule has 0 saturated heterocycles. The van der Waals surface area contributed by atoms with Gasteiger partial charge in [-0.2, -0.15) is 0 Å². The van der Waals surface area contributed by atoms with Crippen LogP contribution in [0, 0.1) is 0 Å². The highest BCUT2D eigenvalue weighted by atomic mass is 32.1. The Morgan fingerprint density at radius 2 is 1.94 bits per heavy atom. The van der Waals surface area contributed by atoms with Crippen LogP contribution in [0.1, 0.15) is 17.5 Å². The minimum Gasteiger partial charge on any atom is -0.508 e. The molecule has 0 aliphatic heterocycles. The van der Waals surface area contributed by atoms with E-state index in [4.69, 9.17) is 0 Å².